The summed E-state index contributed by atoms with van der Waals surface area (Å²) in [7, 11) is 0. The van der Waals surface area contributed by atoms with Crippen LogP contribution >= 0.6 is 0 Å². The van der Waals surface area contributed by atoms with E-state index in [0.717, 1.165) is 26.1 Å². The maximum atomic E-state index is 8.64. The van der Waals surface area contributed by atoms with Crippen LogP contribution in [0.25, 0.3) is 0 Å². The average molecular weight is 565 g/mol. The van der Waals surface area contributed by atoms with Crippen LogP contribution in [0, 0.1) is 0 Å². The van der Waals surface area contributed by atoms with E-state index in [-0.39, 0.29) is 0 Å². The van der Waals surface area contributed by atoms with E-state index in [0.29, 0.717) is 6.61 Å². The third-order valence-corrected chi connectivity index (χ3v) is 8.68. The fraction of sp³-hybridized carbons (Fsp3) is 0.973. The molecule has 0 spiro atoms. The van der Waals surface area contributed by atoms with Gasteiger partial charge in [-0.1, -0.05) is 181 Å². The van der Waals surface area contributed by atoms with Crippen molar-refractivity contribution in [3.8, 4) is 0 Å². The van der Waals surface area contributed by atoms with Crippen LogP contribution in [0.2, 0.25) is 0 Å². The van der Waals surface area contributed by atoms with Crippen LogP contribution in [0.15, 0.2) is 4.99 Å². The molecule has 1 aliphatic rings. The molecule has 3 nitrogen and oxygen atoms in total. The smallest absolute Gasteiger partial charge is 0.0990 e. The lowest BCUT2D eigenvalue weighted by atomic mass is 10.0. The first-order valence-electron chi connectivity index (χ1n) is 18.7. The number of likely N-dealkylation sites (N-methyl/N-ethyl adjacent to an activating group) is 1. The highest BCUT2D eigenvalue weighted by Crippen LogP contribution is 2.15. The second kappa shape index (κ2) is 34.6. The van der Waals surface area contributed by atoms with Crippen molar-refractivity contribution in [1.29, 1.82) is 0 Å². The van der Waals surface area contributed by atoms with Gasteiger partial charge in [-0.25, -0.2) is 0 Å². The lowest BCUT2D eigenvalue weighted by molar-refractivity contribution is 0.282. The molecule has 0 aromatic carbocycles. The van der Waals surface area contributed by atoms with Crippen molar-refractivity contribution in [3.05, 3.63) is 0 Å². The predicted octanol–water partition coefficient (Wildman–Crippen LogP) is 12.1. The Labute approximate surface area is 253 Å². The van der Waals surface area contributed by atoms with Crippen molar-refractivity contribution in [2.75, 3.05) is 26.2 Å². The number of aliphatic hydroxyl groups is 1. The van der Waals surface area contributed by atoms with Gasteiger partial charge in [0.15, 0.2) is 0 Å². The van der Waals surface area contributed by atoms with Crippen molar-refractivity contribution >= 4 is 5.84 Å². The van der Waals surface area contributed by atoms with Gasteiger partial charge in [-0.15, -0.1) is 0 Å². The van der Waals surface area contributed by atoms with Crippen LogP contribution in [0.4, 0.5) is 0 Å². The summed E-state index contributed by atoms with van der Waals surface area (Å²) in [6.45, 7) is 10.5. The van der Waals surface area contributed by atoms with Crippen molar-refractivity contribution in [3.63, 3.8) is 0 Å². The zero-order valence-corrected chi connectivity index (χ0v) is 28.2. The number of aliphatic hydroxyl groups excluding tert-OH is 1. The summed E-state index contributed by atoms with van der Waals surface area (Å²) in [6.07, 6.45) is 40.6. The van der Waals surface area contributed by atoms with Crippen molar-refractivity contribution in [2.45, 2.75) is 207 Å². The van der Waals surface area contributed by atoms with E-state index in [1.54, 1.807) is 0 Å². The molecule has 0 radical (unpaired) electrons. The molecule has 1 aliphatic heterocycles. The minimum Gasteiger partial charge on any atom is -0.396 e. The Bertz CT molecular complexity index is 479. The van der Waals surface area contributed by atoms with Gasteiger partial charge in [-0.05, 0) is 19.8 Å². The first-order chi connectivity index (χ1) is 19.8. The molecule has 40 heavy (non-hydrogen) atoms. The van der Waals surface area contributed by atoms with Gasteiger partial charge in [0.25, 0.3) is 0 Å². The zero-order chi connectivity index (χ0) is 29.2. The Morgan fingerprint density at radius 2 is 0.800 bits per heavy atom. The second-order valence-electron chi connectivity index (χ2n) is 12.5. The summed E-state index contributed by atoms with van der Waals surface area (Å²) in [5.41, 5.74) is 0. The molecular formula is C37H76N2O. The van der Waals surface area contributed by atoms with Crippen molar-refractivity contribution in [2.24, 2.45) is 4.99 Å². The summed E-state index contributed by atoms with van der Waals surface area (Å²) in [4.78, 5) is 7.08. The largest absolute Gasteiger partial charge is 0.396 e. The van der Waals surface area contributed by atoms with Crippen LogP contribution < -0.4 is 0 Å². The second-order valence-corrected chi connectivity index (χ2v) is 12.5. The van der Waals surface area contributed by atoms with Gasteiger partial charge in [0.1, 0.15) is 0 Å². The van der Waals surface area contributed by atoms with E-state index in [9.17, 15) is 0 Å². The molecule has 3 heteroatoms. The van der Waals surface area contributed by atoms with Crippen LogP contribution in [0.5, 0.6) is 0 Å². The molecule has 0 unspecified atom stereocenters. The molecule has 240 valence electrons. The number of hydrogen-bond donors (Lipinski definition) is 1. The lowest BCUT2D eigenvalue weighted by Gasteiger charge is -2.17. The number of nitrogens with zero attached hydrogens (tertiary/aromatic N) is 2. The summed E-state index contributed by atoms with van der Waals surface area (Å²) in [5.74, 6) is 1.38. The van der Waals surface area contributed by atoms with Crippen molar-refractivity contribution in [1.82, 2.24) is 4.90 Å². The first-order valence-corrected chi connectivity index (χ1v) is 18.7. The predicted molar refractivity (Wildman–Crippen MR) is 182 cm³/mol. The molecule has 0 atom stereocenters. The molecule has 0 fully saturated rings. The maximum absolute atomic E-state index is 8.64. The van der Waals surface area contributed by atoms with Gasteiger partial charge in [0, 0.05) is 26.1 Å². The van der Waals surface area contributed by atoms with E-state index >= 15 is 0 Å². The summed E-state index contributed by atoms with van der Waals surface area (Å²) in [6, 6.07) is 0. The third kappa shape index (κ3) is 28.9. The van der Waals surface area contributed by atoms with Gasteiger partial charge in [-0.2, -0.15) is 0 Å². The van der Waals surface area contributed by atoms with E-state index in [4.69, 9.17) is 5.11 Å². The fourth-order valence-electron chi connectivity index (χ4n) is 5.89. The molecule has 1 rings (SSSR count). The Balaban J connectivity index is 0.000000799. The molecule has 0 aromatic rings. The topological polar surface area (TPSA) is 35.8 Å². The molecule has 0 bridgehead atoms. The summed E-state index contributed by atoms with van der Waals surface area (Å²) < 4.78 is 0. The molecule has 0 saturated heterocycles. The molecule has 1 heterocycles. The van der Waals surface area contributed by atoms with Gasteiger partial charge < -0.3 is 10.0 Å². The highest BCUT2D eigenvalue weighted by atomic mass is 16.2. The monoisotopic (exact) mass is 565 g/mol. The van der Waals surface area contributed by atoms with Crippen LogP contribution in [0.3, 0.4) is 0 Å². The SMILES string of the molecule is CCCCCCCCCCCCCCCCC1=NCCN1CC.CCCCCCCCCCCCCCCCO. The molecule has 0 aliphatic carbocycles. The number of unbranched alkanes of at least 4 members (excludes halogenated alkanes) is 26. The Kier molecular flexibility index (Phi) is 34.1. The Morgan fingerprint density at radius 3 is 1.12 bits per heavy atom. The number of rotatable bonds is 30. The van der Waals surface area contributed by atoms with Crippen molar-refractivity contribution < 1.29 is 5.11 Å². The number of amidine groups is 1. The number of aliphatic imine (C=N–C) groups is 1. The maximum Gasteiger partial charge on any atom is 0.0990 e. The van der Waals surface area contributed by atoms with Crippen LogP contribution in [0.1, 0.15) is 207 Å². The highest BCUT2D eigenvalue weighted by Gasteiger charge is 2.13. The van der Waals surface area contributed by atoms with Gasteiger partial charge in [-0.3, -0.25) is 4.99 Å². The van der Waals surface area contributed by atoms with Gasteiger partial charge in [0.05, 0.1) is 12.4 Å². The Hall–Kier alpha value is -0.570. The quantitative estimate of drug-likeness (QED) is 0.0880. The molecule has 0 aromatic heterocycles. The average Bonchev–Trinajstić information content (AvgIpc) is 3.43. The Morgan fingerprint density at radius 1 is 0.475 bits per heavy atom. The van der Waals surface area contributed by atoms with E-state index < -0.39 is 0 Å². The number of hydrogen-bond acceptors (Lipinski definition) is 3. The first kappa shape index (κ1) is 39.4. The minimum absolute atomic E-state index is 0.373. The summed E-state index contributed by atoms with van der Waals surface area (Å²) >= 11 is 0. The van der Waals surface area contributed by atoms with E-state index in [1.165, 1.54) is 186 Å². The molecule has 0 saturated carbocycles. The zero-order valence-electron chi connectivity index (χ0n) is 28.2. The lowest BCUT2D eigenvalue weighted by Crippen LogP contribution is -2.27. The van der Waals surface area contributed by atoms with Gasteiger partial charge >= 0.3 is 0 Å². The van der Waals surface area contributed by atoms with Crippen LogP contribution in [-0.2, 0) is 0 Å². The molecular weight excluding hydrogens is 488 g/mol. The third-order valence-electron chi connectivity index (χ3n) is 8.68. The highest BCUT2D eigenvalue weighted by molar-refractivity contribution is 5.83. The van der Waals surface area contributed by atoms with E-state index in [2.05, 4.69) is 30.7 Å². The standard InChI is InChI=1S/C21H42N2.C16H34O/c1-3-5-6-7-8-9-10-11-12-13-14-15-16-17-18-21-22-19-20-23(21)4-2;1-2-3-4-5-6-7-8-9-10-11-12-13-14-15-16-17/h3-20H2,1-2H3;17H,2-16H2,1H3. The van der Waals surface area contributed by atoms with Crippen LogP contribution in [-0.4, -0.2) is 42.1 Å². The summed E-state index contributed by atoms with van der Waals surface area (Å²) in [5, 5.41) is 8.64. The van der Waals surface area contributed by atoms with Gasteiger partial charge in [0.2, 0.25) is 0 Å². The normalized spacial score (nSPS) is 13.0. The molecule has 0 amide bonds. The molecule has 1 N–H and O–H groups in total. The van der Waals surface area contributed by atoms with E-state index in [1.807, 2.05) is 0 Å². The minimum atomic E-state index is 0.373. The fourth-order valence-corrected chi connectivity index (χ4v) is 5.89.